The Bertz CT molecular complexity index is 962. The molecule has 3 rings (SSSR count). The fourth-order valence-corrected chi connectivity index (χ4v) is 3.89. The van der Waals surface area contributed by atoms with E-state index in [2.05, 4.69) is 34.7 Å². The smallest absolute Gasteiger partial charge is 0.237 e. The van der Waals surface area contributed by atoms with Gasteiger partial charge in [-0.15, -0.1) is 5.10 Å². The second-order valence-electron chi connectivity index (χ2n) is 7.10. The van der Waals surface area contributed by atoms with Crippen molar-refractivity contribution in [3.63, 3.8) is 0 Å². The molecule has 1 aromatic heterocycles. The average molecular weight is 396 g/mol. The van der Waals surface area contributed by atoms with E-state index in [0.29, 0.717) is 11.1 Å². The van der Waals surface area contributed by atoms with E-state index in [1.54, 1.807) is 4.68 Å². The summed E-state index contributed by atoms with van der Waals surface area (Å²) in [6.45, 7) is 10.1. The summed E-state index contributed by atoms with van der Waals surface area (Å²) < 4.78 is 1.71. The van der Waals surface area contributed by atoms with Crippen molar-refractivity contribution in [2.24, 2.45) is 0 Å². The Kier molecular flexibility index (Phi) is 6.14. The molecule has 2 aromatic carbocycles. The maximum Gasteiger partial charge on any atom is 0.237 e. The molecule has 0 aliphatic heterocycles. The fourth-order valence-electron chi connectivity index (χ4n) is 3.09. The minimum atomic E-state index is -0.353. The number of anilines is 1. The second-order valence-corrected chi connectivity index (χ2v) is 8.41. The molecule has 0 bridgehead atoms. The van der Waals surface area contributed by atoms with Crippen LogP contribution in [0.3, 0.4) is 0 Å². The number of hydrogen-bond donors (Lipinski definition) is 1. The van der Waals surface area contributed by atoms with Crippen LogP contribution in [0.1, 0.15) is 43.4 Å². The Morgan fingerprint density at radius 2 is 1.71 bits per heavy atom. The predicted molar refractivity (Wildman–Crippen MR) is 113 cm³/mol. The number of aromatic nitrogens is 4. The Morgan fingerprint density at radius 1 is 1.04 bits per heavy atom. The summed E-state index contributed by atoms with van der Waals surface area (Å²) >= 11 is 1.35. The number of para-hydroxylation sites is 2. The minimum Gasteiger partial charge on any atom is -0.325 e. The van der Waals surface area contributed by atoms with Gasteiger partial charge < -0.3 is 5.32 Å². The Morgan fingerprint density at radius 3 is 2.39 bits per heavy atom. The molecule has 1 N–H and O–H groups in total. The van der Waals surface area contributed by atoms with E-state index in [1.807, 2.05) is 63.2 Å². The Labute approximate surface area is 169 Å². The molecular weight excluding hydrogens is 370 g/mol. The van der Waals surface area contributed by atoms with Crippen molar-refractivity contribution < 1.29 is 4.79 Å². The number of tetrazole rings is 1. The molecule has 0 saturated heterocycles. The monoisotopic (exact) mass is 395 g/mol. The lowest BCUT2D eigenvalue weighted by molar-refractivity contribution is -0.115. The summed E-state index contributed by atoms with van der Waals surface area (Å²) in [6, 6.07) is 14.0. The first-order valence-corrected chi connectivity index (χ1v) is 10.2. The molecule has 3 aromatic rings. The lowest BCUT2D eigenvalue weighted by Gasteiger charge is -2.16. The van der Waals surface area contributed by atoms with Crippen LogP contribution < -0.4 is 5.32 Å². The summed E-state index contributed by atoms with van der Waals surface area (Å²) in [5, 5.41) is 15.4. The zero-order valence-corrected chi connectivity index (χ0v) is 17.6. The van der Waals surface area contributed by atoms with Gasteiger partial charge in [-0.05, 0) is 59.9 Å². The van der Waals surface area contributed by atoms with Crippen LogP contribution >= 0.6 is 11.8 Å². The van der Waals surface area contributed by atoms with E-state index in [-0.39, 0.29) is 11.2 Å². The molecule has 0 fully saturated rings. The topological polar surface area (TPSA) is 72.7 Å². The molecule has 28 heavy (non-hydrogen) atoms. The zero-order valence-electron chi connectivity index (χ0n) is 16.8. The summed E-state index contributed by atoms with van der Waals surface area (Å²) in [5.41, 5.74) is 5.08. The van der Waals surface area contributed by atoms with Crippen LogP contribution in [0.15, 0.2) is 47.6 Å². The molecule has 0 radical (unpaired) electrons. The normalized spacial score (nSPS) is 12.2. The van der Waals surface area contributed by atoms with E-state index in [4.69, 9.17) is 0 Å². The highest BCUT2D eigenvalue weighted by Gasteiger charge is 2.21. The van der Waals surface area contributed by atoms with Crippen LogP contribution in [0, 0.1) is 13.8 Å². The van der Waals surface area contributed by atoms with Crippen molar-refractivity contribution >= 4 is 23.4 Å². The Hall–Kier alpha value is -2.67. The van der Waals surface area contributed by atoms with Crippen molar-refractivity contribution in [2.45, 2.75) is 50.9 Å². The van der Waals surface area contributed by atoms with E-state index in [1.165, 1.54) is 11.8 Å². The number of aryl methyl sites for hydroxylation is 2. The molecule has 146 valence electrons. The van der Waals surface area contributed by atoms with Gasteiger partial charge in [0.25, 0.3) is 0 Å². The van der Waals surface area contributed by atoms with E-state index in [9.17, 15) is 4.79 Å². The van der Waals surface area contributed by atoms with Crippen molar-refractivity contribution in [1.82, 2.24) is 20.2 Å². The number of nitrogens with zero attached hydrogens (tertiary/aromatic N) is 4. The molecule has 0 aliphatic carbocycles. The summed E-state index contributed by atoms with van der Waals surface area (Å²) in [6.07, 6.45) is 0. The summed E-state index contributed by atoms with van der Waals surface area (Å²) in [5.74, 6) is 0.255. The van der Waals surface area contributed by atoms with Crippen molar-refractivity contribution in [3.05, 3.63) is 59.2 Å². The molecule has 0 aliphatic rings. The third-order valence-corrected chi connectivity index (χ3v) is 5.62. The van der Waals surface area contributed by atoms with Gasteiger partial charge in [-0.25, -0.2) is 0 Å². The van der Waals surface area contributed by atoms with Crippen LogP contribution in [0.25, 0.3) is 5.69 Å². The molecule has 0 spiro atoms. The lowest BCUT2D eigenvalue weighted by Crippen LogP contribution is -2.23. The van der Waals surface area contributed by atoms with Crippen LogP contribution in [-0.4, -0.2) is 31.4 Å². The molecule has 1 heterocycles. The fraction of sp³-hybridized carbons (Fsp3) is 0.333. The molecule has 0 saturated carbocycles. The van der Waals surface area contributed by atoms with E-state index in [0.717, 1.165) is 28.1 Å². The second kappa shape index (κ2) is 8.56. The third-order valence-electron chi connectivity index (χ3n) is 4.58. The SMILES string of the molecule is Cc1cccc(C)c1-n1nnnc1SC(C)C(=O)Nc1ccccc1C(C)C. The number of carbonyl (C=O) groups is 1. The highest BCUT2D eigenvalue weighted by Crippen LogP contribution is 2.28. The van der Waals surface area contributed by atoms with Crippen molar-refractivity contribution in [3.8, 4) is 5.69 Å². The summed E-state index contributed by atoms with van der Waals surface area (Å²) in [7, 11) is 0. The highest BCUT2D eigenvalue weighted by molar-refractivity contribution is 8.00. The van der Waals surface area contributed by atoms with Crippen molar-refractivity contribution in [2.75, 3.05) is 5.32 Å². The van der Waals surface area contributed by atoms with Gasteiger partial charge in [0.2, 0.25) is 11.1 Å². The maximum atomic E-state index is 12.8. The number of thioether (sulfide) groups is 1. The number of nitrogens with one attached hydrogen (secondary N) is 1. The third kappa shape index (κ3) is 4.25. The van der Waals surface area contributed by atoms with Gasteiger partial charge in [0.1, 0.15) is 0 Å². The average Bonchev–Trinajstić information content (AvgIpc) is 3.09. The zero-order chi connectivity index (χ0) is 20.3. The molecule has 1 unspecified atom stereocenters. The highest BCUT2D eigenvalue weighted by atomic mass is 32.2. The van der Waals surface area contributed by atoms with Gasteiger partial charge >= 0.3 is 0 Å². The first-order valence-electron chi connectivity index (χ1n) is 9.30. The lowest BCUT2D eigenvalue weighted by atomic mass is 10.0. The first kappa shape index (κ1) is 20.1. The molecular formula is C21H25N5OS. The van der Waals surface area contributed by atoms with E-state index < -0.39 is 0 Å². The molecule has 1 atom stereocenters. The number of benzene rings is 2. The van der Waals surface area contributed by atoms with Gasteiger partial charge in [-0.2, -0.15) is 4.68 Å². The predicted octanol–water partition coefficient (Wildman–Crippen LogP) is 4.52. The minimum absolute atomic E-state index is 0.0749. The largest absolute Gasteiger partial charge is 0.325 e. The van der Waals surface area contributed by atoms with Gasteiger partial charge in [0, 0.05) is 5.69 Å². The number of amides is 1. The number of carbonyl (C=O) groups excluding carboxylic acids is 1. The molecule has 7 heteroatoms. The van der Waals surface area contributed by atoms with Crippen LogP contribution in [0.4, 0.5) is 5.69 Å². The molecule has 6 nitrogen and oxygen atoms in total. The Balaban J connectivity index is 1.79. The first-order chi connectivity index (χ1) is 13.4. The van der Waals surface area contributed by atoms with Gasteiger partial charge in [-0.1, -0.05) is 62.0 Å². The standard InChI is InChI=1S/C21H25N5OS/c1-13(2)17-11-6-7-12-18(17)22-20(27)16(5)28-21-23-24-25-26(21)19-14(3)9-8-10-15(19)4/h6-13,16H,1-5H3,(H,22,27). The van der Waals surface area contributed by atoms with Gasteiger partial charge in [0.05, 0.1) is 10.9 Å². The van der Waals surface area contributed by atoms with Crippen LogP contribution in [0.5, 0.6) is 0 Å². The van der Waals surface area contributed by atoms with E-state index >= 15 is 0 Å². The van der Waals surface area contributed by atoms with Crippen LogP contribution in [0.2, 0.25) is 0 Å². The summed E-state index contributed by atoms with van der Waals surface area (Å²) in [4.78, 5) is 12.8. The number of rotatable bonds is 6. The molecule has 1 amide bonds. The van der Waals surface area contributed by atoms with Gasteiger partial charge in [0.15, 0.2) is 0 Å². The quantitative estimate of drug-likeness (QED) is 0.621. The van der Waals surface area contributed by atoms with Crippen molar-refractivity contribution in [1.29, 1.82) is 0 Å². The van der Waals surface area contributed by atoms with Crippen LogP contribution in [-0.2, 0) is 4.79 Å². The number of hydrogen-bond acceptors (Lipinski definition) is 5. The van der Waals surface area contributed by atoms with Gasteiger partial charge in [-0.3, -0.25) is 4.79 Å². The maximum absolute atomic E-state index is 12.8.